The summed E-state index contributed by atoms with van der Waals surface area (Å²) in [5.41, 5.74) is -0.277. The smallest absolute Gasteiger partial charge is 0.248 e. The lowest BCUT2D eigenvalue weighted by atomic mass is 10.2. The monoisotopic (exact) mass is 245 g/mol. The third-order valence-corrected chi connectivity index (χ3v) is 2.13. The minimum atomic E-state index is -0.277. The number of ether oxygens (including phenoxy) is 2. The molecule has 0 bridgehead atoms. The lowest BCUT2D eigenvalue weighted by Gasteiger charge is -2.26. The molecule has 0 aliphatic heterocycles. The molecule has 0 unspecified atom stereocenters. The van der Waals surface area contributed by atoms with Crippen LogP contribution in [0.2, 0.25) is 0 Å². The summed E-state index contributed by atoms with van der Waals surface area (Å²) in [4.78, 5) is 13.8. The first-order valence-corrected chi connectivity index (χ1v) is 6.17. The van der Waals surface area contributed by atoms with Crippen LogP contribution in [0.15, 0.2) is 0 Å². The van der Waals surface area contributed by atoms with Crippen molar-refractivity contribution in [3.05, 3.63) is 0 Å². The summed E-state index contributed by atoms with van der Waals surface area (Å²) in [6.07, 6.45) is 0. The van der Waals surface area contributed by atoms with Crippen LogP contribution in [0.25, 0.3) is 0 Å². The van der Waals surface area contributed by atoms with Crippen molar-refractivity contribution in [3.63, 3.8) is 0 Å². The highest BCUT2D eigenvalue weighted by molar-refractivity contribution is 5.77. The Labute approximate surface area is 105 Å². The maximum absolute atomic E-state index is 12.0. The summed E-state index contributed by atoms with van der Waals surface area (Å²) in [6, 6.07) is 0. The van der Waals surface area contributed by atoms with Crippen molar-refractivity contribution in [3.8, 4) is 0 Å². The van der Waals surface area contributed by atoms with Crippen LogP contribution in [0.3, 0.4) is 0 Å². The summed E-state index contributed by atoms with van der Waals surface area (Å²) < 4.78 is 10.5. The largest absolute Gasteiger partial charge is 0.383 e. The standard InChI is InChI=1S/C13H27NO3/c1-11(2)9-14(7-8-16-6)12(15)10-17-13(3,4)5/h11H,7-10H2,1-6H3. The van der Waals surface area contributed by atoms with Gasteiger partial charge in [0, 0.05) is 20.2 Å². The quantitative estimate of drug-likeness (QED) is 0.688. The number of carbonyl (C=O) groups excluding carboxylic acids is 1. The molecule has 0 aromatic carbocycles. The van der Waals surface area contributed by atoms with E-state index in [0.717, 1.165) is 6.54 Å². The van der Waals surface area contributed by atoms with Crippen molar-refractivity contribution in [2.75, 3.05) is 33.4 Å². The van der Waals surface area contributed by atoms with E-state index in [9.17, 15) is 4.79 Å². The zero-order valence-electron chi connectivity index (χ0n) is 12.1. The predicted molar refractivity (Wildman–Crippen MR) is 69.0 cm³/mol. The Kier molecular flexibility index (Phi) is 7.39. The fraction of sp³-hybridized carbons (Fsp3) is 0.923. The molecule has 0 saturated carbocycles. The van der Waals surface area contributed by atoms with E-state index in [1.807, 2.05) is 20.8 Å². The highest BCUT2D eigenvalue weighted by Crippen LogP contribution is 2.07. The third kappa shape index (κ3) is 9.12. The van der Waals surface area contributed by atoms with E-state index >= 15 is 0 Å². The zero-order valence-corrected chi connectivity index (χ0v) is 12.1. The van der Waals surface area contributed by atoms with Crippen LogP contribution in [0.4, 0.5) is 0 Å². The maximum atomic E-state index is 12.0. The average Bonchev–Trinajstić information content (AvgIpc) is 2.19. The Morgan fingerprint density at radius 3 is 2.29 bits per heavy atom. The van der Waals surface area contributed by atoms with Crippen LogP contribution >= 0.6 is 0 Å². The first kappa shape index (κ1) is 16.4. The third-order valence-electron chi connectivity index (χ3n) is 2.13. The van der Waals surface area contributed by atoms with E-state index in [-0.39, 0.29) is 18.1 Å². The summed E-state index contributed by atoms with van der Waals surface area (Å²) in [5, 5.41) is 0. The summed E-state index contributed by atoms with van der Waals surface area (Å²) >= 11 is 0. The number of hydrogen-bond donors (Lipinski definition) is 0. The van der Waals surface area contributed by atoms with Gasteiger partial charge in [-0.05, 0) is 26.7 Å². The van der Waals surface area contributed by atoms with Gasteiger partial charge in [-0.1, -0.05) is 13.8 Å². The second-order valence-electron chi connectivity index (χ2n) is 5.63. The molecule has 17 heavy (non-hydrogen) atoms. The highest BCUT2D eigenvalue weighted by Gasteiger charge is 2.18. The molecule has 0 fully saturated rings. The van der Waals surface area contributed by atoms with Crippen molar-refractivity contribution in [1.29, 1.82) is 0 Å². The molecule has 0 aromatic rings. The van der Waals surface area contributed by atoms with Crippen LogP contribution in [0.1, 0.15) is 34.6 Å². The van der Waals surface area contributed by atoms with Crippen LogP contribution in [-0.4, -0.2) is 49.8 Å². The van der Waals surface area contributed by atoms with Crippen molar-refractivity contribution in [2.24, 2.45) is 5.92 Å². The van der Waals surface area contributed by atoms with Gasteiger partial charge in [-0.15, -0.1) is 0 Å². The second kappa shape index (κ2) is 7.67. The number of rotatable bonds is 7. The molecule has 4 heteroatoms. The van der Waals surface area contributed by atoms with E-state index in [1.54, 1.807) is 12.0 Å². The van der Waals surface area contributed by atoms with Crippen LogP contribution in [-0.2, 0) is 14.3 Å². The SMILES string of the molecule is COCCN(CC(C)C)C(=O)COC(C)(C)C. The lowest BCUT2D eigenvalue weighted by molar-refractivity contribution is -0.142. The minimum Gasteiger partial charge on any atom is -0.383 e. The van der Waals surface area contributed by atoms with Gasteiger partial charge in [0.2, 0.25) is 5.91 Å². The van der Waals surface area contributed by atoms with Crippen LogP contribution in [0.5, 0.6) is 0 Å². The van der Waals surface area contributed by atoms with E-state index in [0.29, 0.717) is 19.1 Å². The highest BCUT2D eigenvalue weighted by atomic mass is 16.5. The topological polar surface area (TPSA) is 38.8 Å². The molecule has 0 aliphatic carbocycles. The number of nitrogens with zero attached hydrogens (tertiary/aromatic N) is 1. The van der Waals surface area contributed by atoms with Crippen LogP contribution in [0, 0.1) is 5.92 Å². The molecule has 0 heterocycles. The Morgan fingerprint density at radius 1 is 1.29 bits per heavy atom. The molecule has 0 radical (unpaired) electrons. The number of carbonyl (C=O) groups is 1. The van der Waals surface area contributed by atoms with Crippen molar-refractivity contribution < 1.29 is 14.3 Å². The Morgan fingerprint density at radius 2 is 1.88 bits per heavy atom. The van der Waals surface area contributed by atoms with Gasteiger partial charge in [-0.3, -0.25) is 4.79 Å². The predicted octanol–water partition coefficient (Wildman–Crippen LogP) is 1.93. The zero-order chi connectivity index (χ0) is 13.5. The van der Waals surface area contributed by atoms with Crippen molar-refractivity contribution in [1.82, 2.24) is 4.90 Å². The Bertz CT molecular complexity index is 221. The fourth-order valence-corrected chi connectivity index (χ4v) is 1.33. The normalized spacial score (nSPS) is 11.9. The average molecular weight is 245 g/mol. The summed E-state index contributed by atoms with van der Waals surface area (Å²) in [6.45, 7) is 12.1. The second-order valence-corrected chi connectivity index (χ2v) is 5.63. The van der Waals surface area contributed by atoms with Gasteiger partial charge in [0.1, 0.15) is 6.61 Å². The van der Waals surface area contributed by atoms with Gasteiger partial charge in [0.25, 0.3) is 0 Å². The molecule has 0 aliphatic rings. The molecule has 0 saturated heterocycles. The fourth-order valence-electron chi connectivity index (χ4n) is 1.33. The van der Waals surface area contributed by atoms with Gasteiger partial charge in [-0.25, -0.2) is 0 Å². The van der Waals surface area contributed by atoms with Gasteiger partial charge in [-0.2, -0.15) is 0 Å². The van der Waals surface area contributed by atoms with Gasteiger partial charge in [0.15, 0.2) is 0 Å². The van der Waals surface area contributed by atoms with Crippen molar-refractivity contribution >= 4 is 5.91 Å². The molecule has 4 nitrogen and oxygen atoms in total. The molecule has 0 N–H and O–H groups in total. The maximum Gasteiger partial charge on any atom is 0.248 e. The van der Waals surface area contributed by atoms with E-state index in [1.165, 1.54) is 0 Å². The minimum absolute atomic E-state index is 0.0330. The van der Waals surface area contributed by atoms with E-state index < -0.39 is 0 Å². The first-order chi connectivity index (χ1) is 7.76. The summed E-state index contributed by atoms with van der Waals surface area (Å²) in [7, 11) is 1.64. The lowest BCUT2D eigenvalue weighted by Crippen LogP contribution is -2.40. The number of methoxy groups -OCH3 is 1. The van der Waals surface area contributed by atoms with Crippen LogP contribution < -0.4 is 0 Å². The summed E-state index contributed by atoms with van der Waals surface area (Å²) in [5.74, 6) is 0.483. The molecule has 102 valence electrons. The molecular weight excluding hydrogens is 218 g/mol. The van der Waals surface area contributed by atoms with E-state index in [2.05, 4.69) is 13.8 Å². The van der Waals surface area contributed by atoms with Gasteiger partial charge in [0.05, 0.1) is 12.2 Å². The molecule has 0 atom stereocenters. The molecular formula is C13H27NO3. The van der Waals surface area contributed by atoms with Gasteiger partial charge >= 0.3 is 0 Å². The molecule has 1 amide bonds. The van der Waals surface area contributed by atoms with Crippen molar-refractivity contribution in [2.45, 2.75) is 40.2 Å². The number of amides is 1. The first-order valence-electron chi connectivity index (χ1n) is 6.17. The molecule has 0 rings (SSSR count). The Hall–Kier alpha value is -0.610. The van der Waals surface area contributed by atoms with Gasteiger partial charge < -0.3 is 14.4 Å². The molecule has 0 aromatic heterocycles. The molecule has 0 spiro atoms. The Balaban J connectivity index is 4.21. The number of hydrogen-bond acceptors (Lipinski definition) is 3. The van der Waals surface area contributed by atoms with E-state index in [4.69, 9.17) is 9.47 Å².